The van der Waals surface area contributed by atoms with Crippen LogP contribution in [-0.4, -0.2) is 35.1 Å². The predicted molar refractivity (Wildman–Crippen MR) is 72.1 cm³/mol. The van der Waals surface area contributed by atoms with Crippen molar-refractivity contribution in [3.05, 3.63) is 0 Å². The largest absolute Gasteiger partial charge is 0.391 e. The minimum Gasteiger partial charge on any atom is -0.391 e. The summed E-state index contributed by atoms with van der Waals surface area (Å²) in [6, 6.07) is 0. The predicted octanol–water partition coefficient (Wildman–Crippen LogP) is 2.43. The van der Waals surface area contributed by atoms with Gasteiger partial charge in [-0.05, 0) is 43.4 Å². The van der Waals surface area contributed by atoms with Gasteiger partial charge in [0.1, 0.15) is 0 Å². The molecule has 2 fully saturated rings. The first-order valence-corrected chi connectivity index (χ1v) is 7.34. The molecule has 0 bridgehead atoms. The number of carbonyl (C=O) groups excluding carboxylic acids is 1. The van der Waals surface area contributed by atoms with E-state index in [1.165, 1.54) is 6.42 Å². The minimum atomic E-state index is -0.309. The van der Waals surface area contributed by atoms with E-state index < -0.39 is 0 Å². The monoisotopic (exact) mass is 253 g/mol. The Kier molecular flexibility index (Phi) is 4.00. The molecule has 104 valence electrons. The number of aliphatic hydroxyl groups is 1. The van der Waals surface area contributed by atoms with Crippen LogP contribution >= 0.6 is 0 Å². The number of hydrogen-bond donors (Lipinski definition) is 1. The van der Waals surface area contributed by atoms with Crippen molar-refractivity contribution >= 4 is 5.91 Å². The highest BCUT2D eigenvalue weighted by Crippen LogP contribution is 2.42. The van der Waals surface area contributed by atoms with Crippen molar-refractivity contribution in [2.75, 3.05) is 13.1 Å². The molecule has 1 heterocycles. The molecule has 1 amide bonds. The molecule has 1 aliphatic heterocycles. The van der Waals surface area contributed by atoms with Crippen molar-refractivity contribution in [2.45, 2.75) is 59.0 Å². The lowest BCUT2D eigenvalue weighted by molar-refractivity contribution is -0.141. The Labute approximate surface area is 111 Å². The summed E-state index contributed by atoms with van der Waals surface area (Å²) in [5, 5.41) is 9.69. The van der Waals surface area contributed by atoms with Crippen molar-refractivity contribution < 1.29 is 9.90 Å². The standard InChI is InChI=1S/C15H27NO2/c1-11-7-12(9-15(2,3)8-11)14(18)16-6-4-5-13(17)10-16/h11-13,17H,4-10H2,1-3H3/t11?,12?,13-/m1/s1. The van der Waals surface area contributed by atoms with Gasteiger partial charge >= 0.3 is 0 Å². The van der Waals surface area contributed by atoms with Gasteiger partial charge in [-0.1, -0.05) is 20.8 Å². The number of aliphatic hydroxyl groups excluding tert-OH is 1. The van der Waals surface area contributed by atoms with Gasteiger partial charge in [-0.3, -0.25) is 4.79 Å². The number of carbonyl (C=O) groups is 1. The van der Waals surface area contributed by atoms with Gasteiger partial charge in [0.2, 0.25) is 5.91 Å². The molecule has 0 radical (unpaired) electrons. The number of nitrogens with zero attached hydrogens (tertiary/aromatic N) is 1. The van der Waals surface area contributed by atoms with E-state index in [0.717, 1.165) is 32.2 Å². The minimum absolute atomic E-state index is 0.175. The summed E-state index contributed by atoms with van der Waals surface area (Å²) in [6.07, 6.45) is 4.73. The van der Waals surface area contributed by atoms with Crippen LogP contribution in [0.5, 0.6) is 0 Å². The van der Waals surface area contributed by atoms with Crippen molar-refractivity contribution in [1.29, 1.82) is 0 Å². The van der Waals surface area contributed by atoms with Crippen molar-refractivity contribution in [2.24, 2.45) is 17.3 Å². The lowest BCUT2D eigenvalue weighted by Gasteiger charge is -2.41. The van der Waals surface area contributed by atoms with Crippen LogP contribution in [0.2, 0.25) is 0 Å². The summed E-state index contributed by atoms with van der Waals surface area (Å²) in [5.41, 5.74) is 0.284. The molecule has 3 nitrogen and oxygen atoms in total. The summed E-state index contributed by atoms with van der Waals surface area (Å²) in [6.45, 7) is 8.18. The Hall–Kier alpha value is -0.570. The van der Waals surface area contributed by atoms with E-state index in [-0.39, 0.29) is 23.3 Å². The highest BCUT2D eigenvalue weighted by molar-refractivity contribution is 5.79. The molecule has 1 saturated carbocycles. The van der Waals surface area contributed by atoms with Crippen LogP contribution in [-0.2, 0) is 4.79 Å². The second kappa shape index (κ2) is 5.20. The topological polar surface area (TPSA) is 40.5 Å². The zero-order valence-corrected chi connectivity index (χ0v) is 12.0. The number of hydrogen-bond acceptors (Lipinski definition) is 2. The van der Waals surface area contributed by atoms with E-state index in [1.807, 2.05) is 4.90 Å². The van der Waals surface area contributed by atoms with Crippen LogP contribution in [0.15, 0.2) is 0 Å². The molecular formula is C15H27NO2. The molecule has 1 saturated heterocycles. The van der Waals surface area contributed by atoms with E-state index in [4.69, 9.17) is 0 Å². The fourth-order valence-corrected chi connectivity index (χ4v) is 3.95. The Morgan fingerprint density at radius 3 is 2.67 bits per heavy atom. The molecule has 0 aromatic rings. The van der Waals surface area contributed by atoms with Crippen LogP contribution in [0.3, 0.4) is 0 Å². The van der Waals surface area contributed by atoms with Crippen LogP contribution < -0.4 is 0 Å². The molecule has 2 rings (SSSR count). The first-order valence-electron chi connectivity index (χ1n) is 7.34. The van der Waals surface area contributed by atoms with E-state index >= 15 is 0 Å². The molecule has 18 heavy (non-hydrogen) atoms. The normalized spacial score (nSPS) is 36.4. The van der Waals surface area contributed by atoms with Gasteiger partial charge in [0.05, 0.1) is 6.10 Å². The molecule has 2 unspecified atom stereocenters. The van der Waals surface area contributed by atoms with Crippen molar-refractivity contribution in [3.63, 3.8) is 0 Å². The summed E-state index contributed by atoms with van der Waals surface area (Å²) in [4.78, 5) is 14.4. The van der Waals surface area contributed by atoms with Gasteiger partial charge in [-0.15, -0.1) is 0 Å². The second-order valence-electron chi connectivity index (χ2n) is 7.19. The molecule has 3 heteroatoms. The maximum Gasteiger partial charge on any atom is 0.225 e. The molecule has 0 spiro atoms. The van der Waals surface area contributed by atoms with Crippen LogP contribution in [0.4, 0.5) is 0 Å². The smallest absolute Gasteiger partial charge is 0.225 e. The third-order valence-corrected chi connectivity index (χ3v) is 4.44. The average Bonchev–Trinajstić information content (AvgIpc) is 2.25. The van der Waals surface area contributed by atoms with Crippen LogP contribution in [0, 0.1) is 17.3 Å². The molecule has 1 N–H and O–H groups in total. The first kappa shape index (κ1) is 13.9. The van der Waals surface area contributed by atoms with Crippen LogP contribution in [0.25, 0.3) is 0 Å². The van der Waals surface area contributed by atoms with Gasteiger partial charge < -0.3 is 10.0 Å². The third-order valence-electron chi connectivity index (χ3n) is 4.44. The average molecular weight is 253 g/mol. The third kappa shape index (κ3) is 3.25. The summed E-state index contributed by atoms with van der Waals surface area (Å²) < 4.78 is 0. The van der Waals surface area contributed by atoms with Crippen LogP contribution in [0.1, 0.15) is 52.9 Å². The SMILES string of the molecule is CC1CC(C(=O)N2CCC[C@@H](O)C2)CC(C)(C)C1. The summed E-state index contributed by atoms with van der Waals surface area (Å²) >= 11 is 0. The Morgan fingerprint density at radius 2 is 2.06 bits per heavy atom. The Morgan fingerprint density at radius 1 is 1.33 bits per heavy atom. The fourth-order valence-electron chi connectivity index (χ4n) is 3.95. The molecule has 3 atom stereocenters. The molecule has 0 aromatic heterocycles. The number of piperidine rings is 1. The Balaban J connectivity index is 1.99. The molecule has 0 aromatic carbocycles. The van der Waals surface area contributed by atoms with E-state index in [9.17, 15) is 9.90 Å². The van der Waals surface area contributed by atoms with E-state index in [1.54, 1.807) is 0 Å². The highest BCUT2D eigenvalue weighted by atomic mass is 16.3. The fraction of sp³-hybridized carbons (Fsp3) is 0.933. The quantitative estimate of drug-likeness (QED) is 0.779. The first-order chi connectivity index (χ1) is 8.37. The highest BCUT2D eigenvalue weighted by Gasteiger charge is 2.37. The number of β-amino-alcohol motifs (C(OH)–C–C–N with tert-alkyl or cyclic N) is 1. The molecule has 1 aliphatic carbocycles. The van der Waals surface area contributed by atoms with Crippen molar-refractivity contribution in [1.82, 2.24) is 4.90 Å². The van der Waals surface area contributed by atoms with Crippen molar-refractivity contribution in [3.8, 4) is 0 Å². The van der Waals surface area contributed by atoms with Gasteiger partial charge in [0.25, 0.3) is 0 Å². The van der Waals surface area contributed by atoms with Gasteiger partial charge in [0.15, 0.2) is 0 Å². The maximum absolute atomic E-state index is 12.5. The zero-order valence-electron chi connectivity index (χ0n) is 12.0. The zero-order chi connectivity index (χ0) is 13.3. The summed E-state index contributed by atoms with van der Waals surface area (Å²) in [7, 11) is 0. The van der Waals surface area contributed by atoms with Gasteiger partial charge in [-0.25, -0.2) is 0 Å². The number of rotatable bonds is 1. The van der Waals surface area contributed by atoms with Gasteiger partial charge in [-0.2, -0.15) is 0 Å². The second-order valence-corrected chi connectivity index (χ2v) is 7.19. The number of likely N-dealkylation sites (tertiary alicyclic amines) is 1. The van der Waals surface area contributed by atoms with E-state index in [2.05, 4.69) is 20.8 Å². The number of amides is 1. The molecular weight excluding hydrogens is 226 g/mol. The Bertz CT molecular complexity index is 314. The van der Waals surface area contributed by atoms with E-state index in [0.29, 0.717) is 12.5 Å². The summed E-state index contributed by atoms with van der Waals surface area (Å²) in [5.74, 6) is 1.10. The van der Waals surface area contributed by atoms with Gasteiger partial charge in [0, 0.05) is 19.0 Å². The maximum atomic E-state index is 12.5. The lowest BCUT2D eigenvalue weighted by Crippen LogP contribution is -2.47. The molecule has 2 aliphatic rings. The lowest BCUT2D eigenvalue weighted by atomic mass is 9.67.